The minimum absolute atomic E-state index is 0.0283. The highest BCUT2D eigenvalue weighted by Crippen LogP contribution is 2.34. The fourth-order valence-corrected chi connectivity index (χ4v) is 3.11. The maximum atomic E-state index is 11.6. The molecule has 0 bridgehead atoms. The number of carboxylic acid groups (broad SMARTS) is 1. The summed E-state index contributed by atoms with van der Waals surface area (Å²) in [6.45, 7) is 0.603. The SMILES string of the molecule is NCC(CC(O)N1CC(Oc2ccc(CCB(O)O)c(O)c2C(=O)O)C1)C(N)=O. The molecule has 2 unspecified atom stereocenters. The highest BCUT2D eigenvalue weighted by atomic mass is 16.5. The number of carbonyl (C=O) groups is 2. The molecule has 0 spiro atoms. The zero-order valence-electron chi connectivity index (χ0n) is 15.8. The molecule has 0 aliphatic carbocycles. The molecule has 1 aliphatic rings. The largest absolute Gasteiger partial charge is 0.507 e. The van der Waals surface area contributed by atoms with Gasteiger partial charge in [-0.2, -0.15) is 0 Å². The number of primary amides is 1. The number of hydrogen-bond donors (Lipinski definition) is 7. The van der Waals surface area contributed by atoms with Gasteiger partial charge in [0.15, 0.2) is 0 Å². The molecule has 2 atom stereocenters. The van der Waals surface area contributed by atoms with Crippen LogP contribution >= 0.6 is 0 Å². The van der Waals surface area contributed by atoms with Gasteiger partial charge in [0.05, 0.1) is 5.92 Å². The van der Waals surface area contributed by atoms with Crippen LogP contribution in [0.5, 0.6) is 11.5 Å². The number of aromatic hydroxyl groups is 1. The van der Waals surface area contributed by atoms with Crippen LogP contribution in [0.2, 0.25) is 6.32 Å². The molecule has 2 rings (SSSR count). The van der Waals surface area contributed by atoms with Crippen LogP contribution in [0.25, 0.3) is 0 Å². The summed E-state index contributed by atoms with van der Waals surface area (Å²) in [6, 6.07) is 2.86. The second-order valence-electron chi connectivity index (χ2n) is 7.02. The first kappa shape index (κ1) is 22.9. The van der Waals surface area contributed by atoms with Gasteiger partial charge in [-0.1, -0.05) is 6.07 Å². The van der Waals surface area contributed by atoms with Gasteiger partial charge in [-0.25, -0.2) is 4.79 Å². The number of carboxylic acids is 1. The lowest BCUT2D eigenvalue weighted by atomic mass is 9.82. The second-order valence-corrected chi connectivity index (χ2v) is 7.02. The Morgan fingerprint density at radius 2 is 1.97 bits per heavy atom. The van der Waals surface area contributed by atoms with Crippen LogP contribution in [0.1, 0.15) is 22.3 Å². The van der Waals surface area contributed by atoms with Crippen LogP contribution in [0.4, 0.5) is 0 Å². The molecule has 1 saturated heterocycles. The quantitative estimate of drug-likeness (QED) is 0.199. The maximum Gasteiger partial charge on any atom is 0.451 e. The zero-order chi connectivity index (χ0) is 21.7. The molecule has 1 fully saturated rings. The molecule has 0 aromatic heterocycles. The first-order chi connectivity index (χ1) is 13.6. The van der Waals surface area contributed by atoms with E-state index in [2.05, 4.69) is 0 Å². The number of aryl methyl sites for hydroxylation is 1. The van der Waals surface area contributed by atoms with Crippen LogP contribution in [-0.2, 0) is 11.2 Å². The smallest absolute Gasteiger partial charge is 0.451 e. The molecule has 0 radical (unpaired) electrons. The maximum absolute atomic E-state index is 11.6. The Balaban J connectivity index is 2.00. The summed E-state index contributed by atoms with van der Waals surface area (Å²) in [6.07, 6.45) is -1.24. The number of aliphatic hydroxyl groups is 1. The van der Waals surface area contributed by atoms with E-state index in [0.29, 0.717) is 0 Å². The lowest BCUT2D eigenvalue weighted by Crippen LogP contribution is -2.58. The predicted molar refractivity (Wildman–Crippen MR) is 102 cm³/mol. The van der Waals surface area contributed by atoms with Gasteiger partial charge in [-0.05, 0) is 30.8 Å². The number of amides is 1. The minimum Gasteiger partial charge on any atom is -0.507 e. The van der Waals surface area contributed by atoms with Crippen molar-refractivity contribution in [1.29, 1.82) is 0 Å². The predicted octanol–water partition coefficient (Wildman–Crippen LogP) is -2.06. The molecule has 12 heteroatoms. The Morgan fingerprint density at radius 3 is 2.48 bits per heavy atom. The van der Waals surface area contributed by atoms with Gasteiger partial charge in [0.1, 0.15) is 29.4 Å². The number of phenols is 1. The third-order valence-corrected chi connectivity index (χ3v) is 4.88. The molecule has 9 N–H and O–H groups in total. The van der Waals surface area contributed by atoms with E-state index in [0.717, 1.165) is 0 Å². The summed E-state index contributed by atoms with van der Waals surface area (Å²) in [5, 5.41) is 47.7. The highest BCUT2D eigenvalue weighted by Gasteiger charge is 2.35. The van der Waals surface area contributed by atoms with Crippen molar-refractivity contribution in [3.8, 4) is 11.5 Å². The molecule has 1 amide bonds. The summed E-state index contributed by atoms with van der Waals surface area (Å²) in [5.74, 6) is -3.13. The van der Waals surface area contributed by atoms with Crippen LogP contribution in [0.3, 0.4) is 0 Å². The topological polar surface area (TPSA) is 200 Å². The fourth-order valence-electron chi connectivity index (χ4n) is 3.11. The number of rotatable bonds is 11. The van der Waals surface area contributed by atoms with Gasteiger partial charge in [0.25, 0.3) is 0 Å². The molecule has 160 valence electrons. The fraction of sp³-hybridized carbons (Fsp3) is 0.529. The average molecular weight is 411 g/mol. The summed E-state index contributed by atoms with van der Waals surface area (Å²) in [7, 11) is -1.57. The van der Waals surface area contributed by atoms with Crippen LogP contribution in [-0.4, -0.2) is 81.2 Å². The molecule has 1 aliphatic heterocycles. The number of aliphatic hydroxyl groups excluding tert-OH is 1. The molecule has 1 aromatic carbocycles. The van der Waals surface area contributed by atoms with Crippen molar-refractivity contribution in [3.05, 3.63) is 23.3 Å². The van der Waals surface area contributed by atoms with Gasteiger partial charge in [0, 0.05) is 19.6 Å². The standard InChI is InChI=1S/C17H26BN3O8/c19-6-10(16(20)24)5-13(22)21-7-11(8-21)29-12-2-1-9(3-4-18(27)28)15(23)14(12)17(25)26/h1-2,10-11,13,22-23,27-28H,3-8,19H2,(H2,20,24)(H,25,26). The number of nitrogens with zero attached hydrogens (tertiary/aromatic N) is 1. The van der Waals surface area contributed by atoms with Crippen molar-refractivity contribution in [2.45, 2.75) is 31.5 Å². The Labute approximate surface area is 167 Å². The van der Waals surface area contributed by atoms with Crippen molar-refractivity contribution in [3.63, 3.8) is 0 Å². The van der Waals surface area contributed by atoms with E-state index in [1.54, 1.807) is 4.90 Å². The van der Waals surface area contributed by atoms with Crippen molar-refractivity contribution >= 4 is 19.0 Å². The van der Waals surface area contributed by atoms with Gasteiger partial charge < -0.3 is 41.6 Å². The van der Waals surface area contributed by atoms with Crippen LogP contribution in [0.15, 0.2) is 12.1 Å². The number of nitrogens with two attached hydrogens (primary N) is 2. The zero-order valence-corrected chi connectivity index (χ0v) is 15.8. The first-order valence-electron chi connectivity index (χ1n) is 9.16. The molecule has 1 heterocycles. The monoisotopic (exact) mass is 411 g/mol. The van der Waals surface area contributed by atoms with E-state index < -0.39 is 48.6 Å². The van der Waals surface area contributed by atoms with E-state index in [4.69, 9.17) is 26.3 Å². The third-order valence-electron chi connectivity index (χ3n) is 4.88. The lowest BCUT2D eigenvalue weighted by molar-refractivity contribution is -0.127. The van der Waals surface area contributed by atoms with E-state index in [9.17, 15) is 24.9 Å². The van der Waals surface area contributed by atoms with Crippen LogP contribution < -0.4 is 16.2 Å². The van der Waals surface area contributed by atoms with Gasteiger partial charge in [-0.3, -0.25) is 9.69 Å². The average Bonchev–Trinajstić information content (AvgIpc) is 2.60. The van der Waals surface area contributed by atoms with Gasteiger partial charge in [0.2, 0.25) is 5.91 Å². The van der Waals surface area contributed by atoms with E-state index in [1.807, 2.05) is 0 Å². The van der Waals surface area contributed by atoms with Gasteiger partial charge >= 0.3 is 13.1 Å². The van der Waals surface area contributed by atoms with Crippen molar-refractivity contribution < 1.29 is 39.7 Å². The third kappa shape index (κ3) is 5.81. The van der Waals surface area contributed by atoms with Crippen molar-refractivity contribution in [2.24, 2.45) is 17.4 Å². The number of carbonyl (C=O) groups excluding carboxylic acids is 1. The van der Waals surface area contributed by atoms with E-state index >= 15 is 0 Å². The minimum atomic E-state index is -1.57. The van der Waals surface area contributed by atoms with Gasteiger partial charge in [-0.15, -0.1) is 0 Å². The summed E-state index contributed by atoms with van der Waals surface area (Å²) < 4.78 is 5.65. The molecule has 0 saturated carbocycles. The summed E-state index contributed by atoms with van der Waals surface area (Å²) >= 11 is 0. The highest BCUT2D eigenvalue weighted by molar-refractivity contribution is 6.41. The van der Waals surface area contributed by atoms with Crippen molar-refractivity contribution in [1.82, 2.24) is 4.90 Å². The number of ether oxygens (including phenoxy) is 1. The number of aromatic carboxylic acids is 1. The molecular weight excluding hydrogens is 385 g/mol. The van der Waals surface area contributed by atoms with E-state index in [1.165, 1.54) is 12.1 Å². The van der Waals surface area contributed by atoms with E-state index in [-0.39, 0.29) is 50.1 Å². The number of benzene rings is 1. The lowest BCUT2D eigenvalue weighted by Gasteiger charge is -2.42. The Morgan fingerprint density at radius 1 is 1.31 bits per heavy atom. The molecule has 11 nitrogen and oxygen atoms in total. The molecule has 1 aromatic rings. The van der Waals surface area contributed by atoms with Crippen LogP contribution in [0, 0.1) is 5.92 Å². The Kier molecular flexibility index (Phi) is 7.82. The van der Waals surface area contributed by atoms with Crippen molar-refractivity contribution in [2.75, 3.05) is 19.6 Å². The summed E-state index contributed by atoms with van der Waals surface area (Å²) in [5.41, 5.74) is 10.5. The molecular formula is C17H26BN3O8. The number of likely N-dealkylation sites (tertiary alicyclic amines) is 1. The summed E-state index contributed by atoms with van der Waals surface area (Å²) in [4.78, 5) is 24.4. The first-order valence-corrected chi connectivity index (χ1v) is 9.16. The number of hydrogen-bond acceptors (Lipinski definition) is 9. The Hall–Kier alpha value is -2.38. The normalized spacial score (nSPS) is 16.7. The second kappa shape index (κ2) is 9.90. The Bertz CT molecular complexity index is 742. The molecule has 29 heavy (non-hydrogen) atoms.